The summed E-state index contributed by atoms with van der Waals surface area (Å²) in [5.74, 6) is -1.57. The number of nitrogens with zero attached hydrogens (tertiary/aromatic N) is 1. The number of halogens is 4. The minimum absolute atomic E-state index is 0.0343. The third-order valence-electron chi connectivity index (χ3n) is 3.83. The highest BCUT2D eigenvalue weighted by Crippen LogP contribution is 2.31. The molecule has 3 aromatic carbocycles. The lowest BCUT2D eigenvalue weighted by Crippen LogP contribution is -2.31. The molecule has 8 heteroatoms. The molecule has 0 bridgehead atoms. The zero-order chi connectivity index (χ0) is 19.6. The average molecular weight is 473 g/mol. The Labute approximate surface area is 169 Å². The van der Waals surface area contributed by atoms with Crippen molar-refractivity contribution in [3.05, 3.63) is 93.4 Å². The summed E-state index contributed by atoms with van der Waals surface area (Å²) in [7, 11) is -4.11. The van der Waals surface area contributed by atoms with Crippen molar-refractivity contribution in [1.29, 1.82) is 0 Å². The molecule has 0 fully saturated rings. The van der Waals surface area contributed by atoms with Crippen LogP contribution >= 0.6 is 27.5 Å². The molecule has 0 aliphatic carbocycles. The number of benzene rings is 3. The molecule has 0 unspecified atom stereocenters. The van der Waals surface area contributed by atoms with Gasteiger partial charge in [-0.15, -0.1) is 0 Å². The highest BCUT2D eigenvalue weighted by atomic mass is 79.9. The van der Waals surface area contributed by atoms with Crippen molar-refractivity contribution in [3.63, 3.8) is 0 Å². The van der Waals surface area contributed by atoms with Crippen molar-refractivity contribution in [2.24, 2.45) is 0 Å². The molecule has 0 N–H and O–H groups in total. The fraction of sp³-hybridized carbons (Fsp3) is 0.0526. The van der Waals surface area contributed by atoms with Gasteiger partial charge in [-0.3, -0.25) is 4.31 Å². The van der Waals surface area contributed by atoms with E-state index < -0.39 is 21.7 Å². The van der Waals surface area contributed by atoms with E-state index >= 15 is 0 Å². The predicted molar refractivity (Wildman–Crippen MR) is 105 cm³/mol. The summed E-state index contributed by atoms with van der Waals surface area (Å²) in [5.41, 5.74) is 0.347. The molecule has 27 heavy (non-hydrogen) atoms. The van der Waals surface area contributed by atoms with E-state index in [1.165, 1.54) is 18.2 Å². The lowest BCUT2D eigenvalue weighted by atomic mass is 10.2. The first kappa shape index (κ1) is 19.8. The predicted octanol–water partition coefficient (Wildman–Crippen LogP) is 5.78. The summed E-state index contributed by atoms with van der Waals surface area (Å²) in [6.45, 7) is -0.323. The molecule has 0 aromatic heterocycles. The lowest BCUT2D eigenvalue weighted by molar-refractivity contribution is 0.569. The van der Waals surface area contributed by atoms with Crippen LogP contribution in [0.4, 0.5) is 14.5 Å². The largest absolute Gasteiger partial charge is 0.266 e. The normalized spacial score (nSPS) is 11.4. The van der Waals surface area contributed by atoms with E-state index in [0.717, 1.165) is 16.4 Å². The van der Waals surface area contributed by atoms with Gasteiger partial charge in [0.1, 0.15) is 16.5 Å². The maximum atomic E-state index is 14.2. The molecule has 3 aromatic rings. The zero-order valence-electron chi connectivity index (χ0n) is 13.7. The second-order valence-electron chi connectivity index (χ2n) is 5.66. The van der Waals surface area contributed by atoms with Crippen LogP contribution in [0, 0.1) is 11.6 Å². The summed E-state index contributed by atoms with van der Waals surface area (Å²) >= 11 is 9.39. The molecule has 0 atom stereocenters. The molecule has 0 amide bonds. The van der Waals surface area contributed by atoms with E-state index in [9.17, 15) is 17.2 Å². The topological polar surface area (TPSA) is 37.4 Å². The van der Waals surface area contributed by atoms with Gasteiger partial charge in [0.05, 0.1) is 17.3 Å². The van der Waals surface area contributed by atoms with Crippen molar-refractivity contribution < 1.29 is 17.2 Å². The van der Waals surface area contributed by atoms with Gasteiger partial charge in [0.2, 0.25) is 0 Å². The quantitative estimate of drug-likeness (QED) is 0.472. The molecule has 0 aliphatic rings. The standard InChI is InChI=1S/C19H13BrClF2NO2S/c20-14-4-3-5-16(10-14)24(12-13-8-9-15(22)11-18(13)23)27(25,26)19-7-2-1-6-17(19)21/h1-11H,12H2. The molecular weight excluding hydrogens is 460 g/mol. The Balaban J connectivity index is 2.14. The van der Waals surface area contributed by atoms with Gasteiger partial charge in [0.15, 0.2) is 0 Å². The molecule has 0 spiro atoms. The van der Waals surface area contributed by atoms with Crippen LogP contribution in [0.3, 0.4) is 0 Å². The minimum atomic E-state index is -4.11. The van der Waals surface area contributed by atoms with Gasteiger partial charge in [0, 0.05) is 16.1 Å². The Kier molecular flexibility index (Phi) is 5.83. The number of anilines is 1. The Morgan fingerprint density at radius 2 is 1.70 bits per heavy atom. The van der Waals surface area contributed by atoms with Gasteiger partial charge in [-0.2, -0.15) is 0 Å². The van der Waals surface area contributed by atoms with Crippen molar-refractivity contribution in [3.8, 4) is 0 Å². The molecule has 0 radical (unpaired) electrons. The van der Waals surface area contributed by atoms with Crippen LogP contribution < -0.4 is 4.31 Å². The van der Waals surface area contributed by atoms with E-state index in [1.807, 2.05) is 0 Å². The lowest BCUT2D eigenvalue weighted by Gasteiger charge is -2.25. The highest BCUT2D eigenvalue weighted by molar-refractivity contribution is 9.10. The van der Waals surface area contributed by atoms with Crippen LogP contribution in [0.5, 0.6) is 0 Å². The maximum Gasteiger partial charge on any atom is 0.266 e. The van der Waals surface area contributed by atoms with Gasteiger partial charge in [0.25, 0.3) is 10.0 Å². The van der Waals surface area contributed by atoms with Crippen LogP contribution in [0.2, 0.25) is 5.02 Å². The third kappa shape index (κ3) is 4.31. The number of hydrogen-bond acceptors (Lipinski definition) is 2. The summed E-state index contributed by atoms with van der Waals surface area (Å²) in [6.07, 6.45) is 0. The molecule has 3 rings (SSSR count). The van der Waals surface area contributed by atoms with Crippen molar-refractivity contribution in [2.75, 3.05) is 4.31 Å². The molecule has 3 nitrogen and oxygen atoms in total. The molecule has 0 saturated carbocycles. The Bertz CT molecular complexity index is 1090. The van der Waals surface area contributed by atoms with Crippen molar-refractivity contribution in [2.45, 2.75) is 11.4 Å². The maximum absolute atomic E-state index is 14.2. The van der Waals surface area contributed by atoms with Gasteiger partial charge in [-0.25, -0.2) is 17.2 Å². The van der Waals surface area contributed by atoms with Crippen LogP contribution in [-0.4, -0.2) is 8.42 Å². The number of hydrogen-bond donors (Lipinski definition) is 0. The fourth-order valence-electron chi connectivity index (χ4n) is 2.52. The summed E-state index contributed by atoms with van der Waals surface area (Å²) < 4.78 is 55.6. The summed E-state index contributed by atoms with van der Waals surface area (Å²) in [6, 6.07) is 15.6. The number of sulfonamides is 1. The van der Waals surface area contributed by atoms with E-state index in [1.54, 1.807) is 36.4 Å². The van der Waals surface area contributed by atoms with E-state index in [0.29, 0.717) is 10.2 Å². The SMILES string of the molecule is O=S(=O)(c1ccccc1Cl)N(Cc1ccc(F)cc1F)c1cccc(Br)c1. The van der Waals surface area contributed by atoms with Gasteiger partial charge in [-0.1, -0.05) is 51.8 Å². The van der Waals surface area contributed by atoms with Crippen molar-refractivity contribution >= 4 is 43.2 Å². The van der Waals surface area contributed by atoms with Crippen LogP contribution in [0.15, 0.2) is 76.1 Å². The molecule has 0 saturated heterocycles. The molecular formula is C19H13BrClF2NO2S. The molecule has 0 aliphatic heterocycles. The second-order valence-corrected chi connectivity index (χ2v) is 8.81. The van der Waals surface area contributed by atoms with Crippen LogP contribution in [-0.2, 0) is 16.6 Å². The fourth-order valence-corrected chi connectivity index (χ4v) is 4.84. The van der Waals surface area contributed by atoms with Crippen molar-refractivity contribution in [1.82, 2.24) is 0 Å². The Morgan fingerprint density at radius 1 is 0.963 bits per heavy atom. The van der Waals surface area contributed by atoms with Gasteiger partial charge in [-0.05, 0) is 36.4 Å². The summed E-state index contributed by atoms with van der Waals surface area (Å²) in [4.78, 5) is -0.103. The van der Waals surface area contributed by atoms with E-state index in [4.69, 9.17) is 11.6 Å². The minimum Gasteiger partial charge on any atom is -0.262 e. The zero-order valence-corrected chi connectivity index (χ0v) is 16.9. The summed E-state index contributed by atoms with van der Waals surface area (Å²) in [5, 5.41) is 0.0528. The third-order valence-corrected chi connectivity index (χ3v) is 6.60. The van der Waals surface area contributed by atoms with E-state index in [2.05, 4.69) is 15.9 Å². The highest BCUT2D eigenvalue weighted by Gasteiger charge is 2.28. The first-order valence-electron chi connectivity index (χ1n) is 7.76. The first-order chi connectivity index (χ1) is 12.8. The number of rotatable bonds is 5. The first-order valence-corrected chi connectivity index (χ1v) is 10.4. The molecule has 140 valence electrons. The van der Waals surface area contributed by atoms with E-state index in [-0.39, 0.29) is 22.0 Å². The monoisotopic (exact) mass is 471 g/mol. The molecule has 0 heterocycles. The van der Waals surface area contributed by atoms with Gasteiger partial charge >= 0.3 is 0 Å². The van der Waals surface area contributed by atoms with Crippen LogP contribution in [0.1, 0.15) is 5.56 Å². The Hall–Kier alpha value is -1.96. The average Bonchev–Trinajstić information content (AvgIpc) is 2.61. The second kappa shape index (κ2) is 7.96. The van der Waals surface area contributed by atoms with Crippen LogP contribution in [0.25, 0.3) is 0 Å². The smallest absolute Gasteiger partial charge is 0.262 e. The Morgan fingerprint density at radius 3 is 2.37 bits per heavy atom. The van der Waals surface area contributed by atoms with Gasteiger partial charge < -0.3 is 0 Å².